The predicted octanol–water partition coefficient (Wildman–Crippen LogP) is 0.950. The molecule has 1 fully saturated rings. The van der Waals surface area contributed by atoms with Crippen LogP contribution in [0.4, 0.5) is 0 Å². The number of nitrogens with two attached hydrogens (primary N) is 1. The molecule has 1 aliphatic rings. The molecule has 19 heavy (non-hydrogen) atoms. The fraction of sp³-hybridized carbons (Fsp3) is 0.538. The molecule has 0 aromatic carbocycles. The summed E-state index contributed by atoms with van der Waals surface area (Å²) in [6, 6.07) is 1.77. The first-order valence-corrected chi connectivity index (χ1v) is 6.42. The normalized spacial score (nSPS) is 19.6. The van der Waals surface area contributed by atoms with Crippen LogP contribution in [0.3, 0.4) is 0 Å². The van der Waals surface area contributed by atoms with Gasteiger partial charge in [0.1, 0.15) is 5.76 Å². The summed E-state index contributed by atoms with van der Waals surface area (Å²) >= 11 is 0. The number of furan rings is 1. The summed E-state index contributed by atoms with van der Waals surface area (Å²) in [5.41, 5.74) is 2.76. The number of amides is 2. The molecule has 3 N–H and O–H groups in total. The van der Waals surface area contributed by atoms with E-state index in [9.17, 15) is 9.59 Å². The molecule has 1 unspecified atom stereocenters. The number of nitrogen functional groups attached to an aromatic ring is 1. The molecule has 2 rings (SSSR count). The second-order valence-electron chi connectivity index (χ2n) is 5.00. The molecule has 1 aromatic rings. The van der Waals surface area contributed by atoms with Crippen molar-refractivity contribution in [1.29, 1.82) is 0 Å². The molecule has 0 bridgehead atoms. The monoisotopic (exact) mass is 265 g/mol. The predicted molar refractivity (Wildman–Crippen MR) is 68.9 cm³/mol. The highest BCUT2D eigenvalue weighted by Gasteiger charge is 2.26. The van der Waals surface area contributed by atoms with Crippen molar-refractivity contribution in [2.24, 2.45) is 11.8 Å². The van der Waals surface area contributed by atoms with E-state index in [4.69, 9.17) is 10.3 Å². The van der Waals surface area contributed by atoms with Crippen LogP contribution in [-0.4, -0.2) is 23.3 Å². The molecule has 6 heteroatoms. The average Bonchev–Trinajstić information content (AvgIpc) is 2.75. The number of nitrogens with one attached hydrogen (secondary N) is 1. The highest BCUT2D eigenvalue weighted by Crippen LogP contribution is 2.21. The van der Waals surface area contributed by atoms with Crippen LogP contribution in [0.2, 0.25) is 0 Å². The van der Waals surface area contributed by atoms with Gasteiger partial charge in [0.05, 0.1) is 6.54 Å². The van der Waals surface area contributed by atoms with Crippen LogP contribution < -0.4 is 11.3 Å². The average molecular weight is 265 g/mol. The Balaban J connectivity index is 2.11. The van der Waals surface area contributed by atoms with Gasteiger partial charge in [0.25, 0.3) is 0 Å². The molecule has 1 atom stereocenters. The van der Waals surface area contributed by atoms with Gasteiger partial charge in [-0.05, 0) is 25.8 Å². The first-order valence-electron chi connectivity index (χ1n) is 6.42. The summed E-state index contributed by atoms with van der Waals surface area (Å²) in [4.78, 5) is 25.2. The van der Waals surface area contributed by atoms with Gasteiger partial charge in [0.15, 0.2) is 5.76 Å². The highest BCUT2D eigenvalue weighted by atomic mass is 16.4. The van der Waals surface area contributed by atoms with Crippen molar-refractivity contribution >= 4 is 11.8 Å². The molecular weight excluding hydrogens is 246 g/mol. The van der Waals surface area contributed by atoms with Gasteiger partial charge in [-0.2, -0.15) is 0 Å². The third-order valence-corrected chi connectivity index (χ3v) is 3.45. The molecule has 1 aromatic heterocycles. The van der Waals surface area contributed by atoms with E-state index >= 15 is 0 Å². The van der Waals surface area contributed by atoms with E-state index in [1.54, 1.807) is 17.9 Å². The number of rotatable bonds is 3. The molecule has 2 amide bonds. The molecular formula is C13H19N3O3. The Bertz CT molecular complexity index is 495. The van der Waals surface area contributed by atoms with Crippen LogP contribution >= 0.6 is 0 Å². The fourth-order valence-corrected chi connectivity index (χ4v) is 2.40. The van der Waals surface area contributed by atoms with Gasteiger partial charge < -0.3 is 9.32 Å². The smallest absolute Gasteiger partial charge is 0.301 e. The fourth-order valence-electron chi connectivity index (χ4n) is 2.40. The number of hydrogen-bond donors (Lipinski definition) is 2. The molecule has 6 nitrogen and oxygen atoms in total. The van der Waals surface area contributed by atoms with Crippen LogP contribution in [0.5, 0.6) is 0 Å². The first-order chi connectivity index (χ1) is 9.02. The summed E-state index contributed by atoms with van der Waals surface area (Å²) in [6.45, 7) is 4.86. The molecule has 0 aliphatic carbocycles. The number of hydrogen-bond acceptors (Lipinski definition) is 4. The van der Waals surface area contributed by atoms with Crippen molar-refractivity contribution in [1.82, 2.24) is 10.3 Å². The maximum atomic E-state index is 12.0. The van der Waals surface area contributed by atoms with E-state index < -0.39 is 5.91 Å². The quantitative estimate of drug-likeness (QED) is 0.484. The SMILES string of the molecule is Cc1cc(CN2CCCC(C)C2=O)oc1C(=O)NN. The number of aryl methyl sites for hydroxylation is 1. The summed E-state index contributed by atoms with van der Waals surface area (Å²) < 4.78 is 5.47. The van der Waals surface area contributed by atoms with Gasteiger partial charge in [-0.3, -0.25) is 15.0 Å². The van der Waals surface area contributed by atoms with Gasteiger partial charge >= 0.3 is 5.91 Å². The minimum absolute atomic E-state index is 0.0663. The van der Waals surface area contributed by atoms with Crippen LogP contribution in [0, 0.1) is 12.8 Å². The Morgan fingerprint density at radius 1 is 1.63 bits per heavy atom. The van der Waals surface area contributed by atoms with Crippen LogP contribution in [0.1, 0.15) is 41.6 Å². The maximum Gasteiger partial charge on any atom is 0.301 e. The zero-order chi connectivity index (χ0) is 14.0. The van der Waals surface area contributed by atoms with E-state index in [0.29, 0.717) is 12.3 Å². The Kier molecular flexibility index (Phi) is 3.90. The number of likely N-dealkylation sites (tertiary alicyclic amines) is 1. The third kappa shape index (κ3) is 2.78. The van der Waals surface area contributed by atoms with E-state index in [2.05, 4.69) is 0 Å². The van der Waals surface area contributed by atoms with Crippen LogP contribution in [0.25, 0.3) is 0 Å². The van der Waals surface area contributed by atoms with Gasteiger partial charge in [0, 0.05) is 18.0 Å². The zero-order valence-electron chi connectivity index (χ0n) is 11.2. The minimum atomic E-state index is -0.456. The summed E-state index contributed by atoms with van der Waals surface area (Å²) in [5.74, 6) is 5.65. The van der Waals surface area contributed by atoms with Gasteiger partial charge in [-0.15, -0.1) is 0 Å². The Morgan fingerprint density at radius 2 is 2.37 bits per heavy atom. The summed E-state index contributed by atoms with van der Waals surface area (Å²) in [5, 5.41) is 0. The van der Waals surface area contributed by atoms with Gasteiger partial charge in [-0.25, -0.2) is 5.84 Å². The number of carbonyl (C=O) groups excluding carboxylic acids is 2. The van der Waals surface area contributed by atoms with Gasteiger partial charge in [0.2, 0.25) is 5.91 Å². The lowest BCUT2D eigenvalue weighted by Gasteiger charge is -2.29. The van der Waals surface area contributed by atoms with Crippen LogP contribution in [0.15, 0.2) is 10.5 Å². The van der Waals surface area contributed by atoms with E-state index in [-0.39, 0.29) is 17.6 Å². The Labute approximate surface area is 111 Å². The van der Waals surface area contributed by atoms with Crippen molar-refractivity contribution in [2.75, 3.05) is 6.54 Å². The third-order valence-electron chi connectivity index (χ3n) is 3.45. The molecule has 0 radical (unpaired) electrons. The number of nitrogens with zero attached hydrogens (tertiary/aromatic N) is 1. The molecule has 1 saturated heterocycles. The van der Waals surface area contributed by atoms with Crippen molar-refractivity contribution < 1.29 is 14.0 Å². The Hall–Kier alpha value is -1.82. The minimum Gasteiger partial charge on any atom is -0.454 e. The summed E-state index contributed by atoms with van der Waals surface area (Å²) in [7, 11) is 0. The van der Waals surface area contributed by atoms with Crippen molar-refractivity contribution in [2.45, 2.75) is 33.2 Å². The summed E-state index contributed by atoms with van der Waals surface area (Å²) in [6.07, 6.45) is 1.94. The molecule has 104 valence electrons. The second-order valence-corrected chi connectivity index (χ2v) is 5.00. The maximum absolute atomic E-state index is 12.0. The molecule has 1 aliphatic heterocycles. The zero-order valence-corrected chi connectivity index (χ0v) is 11.2. The highest BCUT2D eigenvalue weighted by molar-refractivity contribution is 5.92. The number of carbonyl (C=O) groups is 2. The van der Waals surface area contributed by atoms with E-state index in [1.165, 1.54) is 0 Å². The van der Waals surface area contributed by atoms with Crippen LogP contribution in [-0.2, 0) is 11.3 Å². The first kappa shape index (κ1) is 13.6. The van der Waals surface area contributed by atoms with Crippen molar-refractivity contribution in [3.8, 4) is 0 Å². The van der Waals surface area contributed by atoms with E-state index in [0.717, 1.165) is 24.9 Å². The Morgan fingerprint density at radius 3 is 3.05 bits per heavy atom. The lowest BCUT2D eigenvalue weighted by molar-refractivity contribution is -0.138. The topological polar surface area (TPSA) is 88.6 Å². The lowest BCUT2D eigenvalue weighted by Crippen LogP contribution is -2.39. The second kappa shape index (κ2) is 5.44. The molecule has 0 spiro atoms. The largest absolute Gasteiger partial charge is 0.454 e. The molecule has 2 heterocycles. The number of hydrazine groups is 1. The van der Waals surface area contributed by atoms with Crippen molar-refractivity contribution in [3.05, 3.63) is 23.2 Å². The van der Waals surface area contributed by atoms with Gasteiger partial charge in [-0.1, -0.05) is 6.92 Å². The standard InChI is InChI=1S/C13H19N3O3/c1-8-4-3-5-16(13(8)18)7-10-6-9(2)11(19-10)12(17)15-14/h6,8H,3-5,7,14H2,1-2H3,(H,15,17). The lowest BCUT2D eigenvalue weighted by atomic mass is 9.99. The molecule has 0 saturated carbocycles. The number of piperidine rings is 1. The van der Waals surface area contributed by atoms with Crippen molar-refractivity contribution in [3.63, 3.8) is 0 Å². The van der Waals surface area contributed by atoms with E-state index in [1.807, 2.05) is 12.3 Å².